The van der Waals surface area contributed by atoms with Crippen molar-refractivity contribution < 1.29 is 4.52 Å². The number of fused-ring (bicyclic) bond motifs is 3. The maximum absolute atomic E-state index is 13.3. The van der Waals surface area contributed by atoms with Gasteiger partial charge in [0.15, 0.2) is 0 Å². The van der Waals surface area contributed by atoms with Crippen molar-refractivity contribution in [3.63, 3.8) is 0 Å². The van der Waals surface area contributed by atoms with E-state index in [4.69, 9.17) is 4.52 Å². The molecule has 27 heavy (non-hydrogen) atoms. The molecule has 8 heteroatoms. The molecule has 5 rings (SSSR count). The molecule has 0 spiro atoms. The Morgan fingerprint density at radius 1 is 1.26 bits per heavy atom. The van der Waals surface area contributed by atoms with Gasteiger partial charge in [-0.05, 0) is 45.4 Å². The highest BCUT2D eigenvalue weighted by Crippen LogP contribution is 2.26. The number of hydrogen-bond donors (Lipinski definition) is 1. The summed E-state index contributed by atoms with van der Waals surface area (Å²) in [5, 5.41) is 7.44. The molecule has 0 saturated carbocycles. The molecule has 1 aliphatic heterocycles. The van der Waals surface area contributed by atoms with Crippen molar-refractivity contribution in [3.8, 4) is 11.5 Å². The lowest BCUT2D eigenvalue weighted by atomic mass is 10.2. The minimum Gasteiger partial charge on any atom is -0.337 e. The van der Waals surface area contributed by atoms with E-state index in [-0.39, 0.29) is 17.6 Å². The second kappa shape index (κ2) is 6.02. The molecule has 1 fully saturated rings. The standard InChI is InChI=1S/C19H20N6O2/c1-11(2)25-14-8-4-3-7-13(14)24-10-21-15(16(24)19(25)26)17-22-18(27-23-17)12-6-5-9-20-12/h3-4,7-8,10-12,20H,5-6,9H2,1-2H3/t12-/m0/s1. The lowest BCUT2D eigenvalue weighted by Crippen LogP contribution is -2.24. The molecule has 0 amide bonds. The van der Waals surface area contributed by atoms with Crippen LogP contribution in [-0.4, -0.2) is 30.6 Å². The predicted molar refractivity (Wildman–Crippen MR) is 101 cm³/mol. The summed E-state index contributed by atoms with van der Waals surface area (Å²) in [4.78, 5) is 22.3. The molecule has 0 bridgehead atoms. The monoisotopic (exact) mass is 364 g/mol. The minimum atomic E-state index is -0.110. The smallest absolute Gasteiger partial charge is 0.278 e. The number of nitrogens with one attached hydrogen (secondary N) is 1. The Morgan fingerprint density at radius 2 is 2.07 bits per heavy atom. The SMILES string of the molecule is CC(C)n1c(=O)c2c(-c3noc([C@@H]4CCCN4)n3)ncn2c2ccccc21. The average Bonchev–Trinajstić information content (AvgIpc) is 3.40. The van der Waals surface area contributed by atoms with Gasteiger partial charge in [-0.25, -0.2) is 4.98 Å². The van der Waals surface area contributed by atoms with Crippen LogP contribution in [0, 0.1) is 0 Å². The van der Waals surface area contributed by atoms with Crippen molar-refractivity contribution >= 4 is 16.6 Å². The molecule has 0 unspecified atom stereocenters. The van der Waals surface area contributed by atoms with Gasteiger partial charge < -0.3 is 14.4 Å². The summed E-state index contributed by atoms with van der Waals surface area (Å²) < 4.78 is 9.05. The Balaban J connectivity index is 1.76. The molecular formula is C19H20N6O2. The first-order valence-corrected chi connectivity index (χ1v) is 9.23. The van der Waals surface area contributed by atoms with E-state index in [2.05, 4.69) is 20.4 Å². The number of benzene rings is 1. The van der Waals surface area contributed by atoms with Crippen LogP contribution in [0.3, 0.4) is 0 Å². The van der Waals surface area contributed by atoms with Gasteiger partial charge in [-0.3, -0.25) is 9.20 Å². The number of imidazole rings is 1. The van der Waals surface area contributed by atoms with Crippen LogP contribution in [0.25, 0.3) is 28.1 Å². The first kappa shape index (κ1) is 16.2. The molecule has 8 nitrogen and oxygen atoms in total. The highest BCUT2D eigenvalue weighted by atomic mass is 16.5. The van der Waals surface area contributed by atoms with E-state index in [0.29, 0.717) is 22.9 Å². The normalized spacial score (nSPS) is 17.5. The third kappa shape index (κ3) is 2.40. The largest absolute Gasteiger partial charge is 0.337 e. The van der Waals surface area contributed by atoms with Gasteiger partial charge in [0.05, 0.1) is 17.1 Å². The third-order valence-electron chi connectivity index (χ3n) is 5.12. The van der Waals surface area contributed by atoms with Crippen LogP contribution in [-0.2, 0) is 0 Å². The molecule has 138 valence electrons. The lowest BCUT2D eigenvalue weighted by Gasteiger charge is -2.15. The highest BCUT2D eigenvalue weighted by Gasteiger charge is 2.25. The van der Waals surface area contributed by atoms with Gasteiger partial charge in [-0.1, -0.05) is 17.3 Å². The summed E-state index contributed by atoms with van der Waals surface area (Å²) in [5.74, 6) is 0.900. The van der Waals surface area contributed by atoms with E-state index in [9.17, 15) is 4.79 Å². The van der Waals surface area contributed by atoms with E-state index >= 15 is 0 Å². The molecule has 1 aromatic carbocycles. The van der Waals surface area contributed by atoms with Gasteiger partial charge in [-0.2, -0.15) is 4.98 Å². The molecule has 1 aliphatic rings. The minimum absolute atomic E-state index is 0.0127. The summed E-state index contributed by atoms with van der Waals surface area (Å²) in [6.45, 7) is 4.94. The first-order valence-electron chi connectivity index (χ1n) is 9.23. The first-order chi connectivity index (χ1) is 13.1. The van der Waals surface area contributed by atoms with Gasteiger partial charge in [-0.15, -0.1) is 0 Å². The zero-order chi connectivity index (χ0) is 18.5. The number of aromatic nitrogens is 5. The van der Waals surface area contributed by atoms with Crippen LogP contribution < -0.4 is 10.9 Å². The molecule has 0 radical (unpaired) electrons. The maximum Gasteiger partial charge on any atom is 0.278 e. The molecule has 0 aliphatic carbocycles. The van der Waals surface area contributed by atoms with E-state index < -0.39 is 0 Å². The second-order valence-corrected chi connectivity index (χ2v) is 7.17. The molecule has 4 heterocycles. The van der Waals surface area contributed by atoms with Crippen molar-refractivity contribution in [2.24, 2.45) is 0 Å². The molecule has 3 aromatic heterocycles. The van der Waals surface area contributed by atoms with Crippen molar-refractivity contribution in [1.82, 2.24) is 29.4 Å². The Morgan fingerprint density at radius 3 is 2.81 bits per heavy atom. The zero-order valence-corrected chi connectivity index (χ0v) is 15.2. The fourth-order valence-electron chi connectivity index (χ4n) is 3.88. The Hall–Kier alpha value is -3.00. The Bertz CT molecular complexity index is 1200. The molecule has 1 saturated heterocycles. The maximum atomic E-state index is 13.3. The fourth-order valence-corrected chi connectivity index (χ4v) is 3.88. The Kier molecular flexibility index (Phi) is 3.61. The second-order valence-electron chi connectivity index (χ2n) is 7.17. The number of rotatable bonds is 3. The van der Waals surface area contributed by atoms with E-state index in [0.717, 1.165) is 30.4 Å². The fraction of sp³-hybridized carbons (Fsp3) is 0.368. The van der Waals surface area contributed by atoms with Crippen molar-refractivity contribution in [1.29, 1.82) is 0 Å². The van der Waals surface area contributed by atoms with Crippen molar-refractivity contribution in [2.75, 3.05) is 6.54 Å². The van der Waals surface area contributed by atoms with Crippen molar-refractivity contribution in [2.45, 2.75) is 38.8 Å². The summed E-state index contributed by atoms with van der Waals surface area (Å²) in [5.41, 5.74) is 2.60. The summed E-state index contributed by atoms with van der Waals surface area (Å²) >= 11 is 0. The predicted octanol–water partition coefficient (Wildman–Crippen LogP) is 2.70. The summed E-state index contributed by atoms with van der Waals surface area (Å²) in [6, 6.07) is 7.91. The van der Waals surface area contributed by atoms with E-state index in [1.54, 1.807) is 10.9 Å². The topological polar surface area (TPSA) is 90.2 Å². The number of nitrogens with zero attached hydrogens (tertiary/aromatic N) is 5. The van der Waals surface area contributed by atoms with Crippen molar-refractivity contribution in [3.05, 3.63) is 46.8 Å². The van der Waals surface area contributed by atoms with Gasteiger partial charge >= 0.3 is 0 Å². The van der Waals surface area contributed by atoms with Gasteiger partial charge in [0.1, 0.15) is 17.5 Å². The van der Waals surface area contributed by atoms with Crippen LogP contribution in [0.15, 0.2) is 39.9 Å². The summed E-state index contributed by atoms with van der Waals surface area (Å²) in [7, 11) is 0. The highest BCUT2D eigenvalue weighted by molar-refractivity contribution is 5.83. The third-order valence-corrected chi connectivity index (χ3v) is 5.12. The van der Waals surface area contributed by atoms with Crippen LogP contribution in [0.1, 0.15) is 44.7 Å². The number of hydrogen-bond acceptors (Lipinski definition) is 6. The van der Waals surface area contributed by atoms with E-state index in [1.165, 1.54) is 0 Å². The number of para-hydroxylation sites is 2. The van der Waals surface area contributed by atoms with Crippen LogP contribution in [0.2, 0.25) is 0 Å². The van der Waals surface area contributed by atoms with Gasteiger partial charge in [0, 0.05) is 6.04 Å². The summed E-state index contributed by atoms with van der Waals surface area (Å²) in [6.07, 6.45) is 3.71. The van der Waals surface area contributed by atoms with Crippen LogP contribution in [0.5, 0.6) is 0 Å². The molecular weight excluding hydrogens is 344 g/mol. The van der Waals surface area contributed by atoms with E-state index in [1.807, 2.05) is 42.5 Å². The quantitative estimate of drug-likeness (QED) is 0.601. The molecule has 1 N–H and O–H groups in total. The van der Waals surface area contributed by atoms with Gasteiger partial charge in [0.25, 0.3) is 5.56 Å². The average molecular weight is 364 g/mol. The zero-order valence-electron chi connectivity index (χ0n) is 15.2. The van der Waals surface area contributed by atoms with Crippen LogP contribution >= 0.6 is 0 Å². The van der Waals surface area contributed by atoms with Gasteiger partial charge in [0.2, 0.25) is 11.7 Å². The van der Waals surface area contributed by atoms with Crippen LogP contribution in [0.4, 0.5) is 0 Å². The molecule has 1 atom stereocenters. The Labute approximate surface area is 154 Å². The molecule has 4 aromatic rings. The lowest BCUT2D eigenvalue weighted by molar-refractivity contribution is 0.345.